The Morgan fingerprint density at radius 3 is 2.17 bits per heavy atom. The fourth-order valence-electron chi connectivity index (χ4n) is 5.89. The molecule has 0 unspecified atom stereocenters. The summed E-state index contributed by atoms with van der Waals surface area (Å²) in [5.74, 6) is 2.09. The highest BCUT2D eigenvalue weighted by Crippen LogP contribution is 2.58. The van der Waals surface area contributed by atoms with Crippen molar-refractivity contribution in [2.75, 3.05) is 4.90 Å². The number of carbonyl (C=O) groups excluding carboxylic acids is 1. The molecule has 4 fully saturated rings. The summed E-state index contributed by atoms with van der Waals surface area (Å²) in [6.07, 6.45) is 6.97. The van der Waals surface area contributed by atoms with Crippen molar-refractivity contribution in [1.82, 2.24) is 0 Å². The minimum atomic E-state index is -0.460. The van der Waals surface area contributed by atoms with E-state index in [-0.39, 0.29) is 22.2 Å². The molecule has 4 aliphatic rings. The van der Waals surface area contributed by atoms with E-state index in [2.05, 4.69) is 0 Å². The normalized spacial score (nSPS) is 33.5. The Bertz CT molecular complexity index is 683. The Morgan fingerprint density at radius 1 is 1.21 bits per heavy atom. The number of anilines is 1. The molecule has 0 radical (unpaired) electrons. The van der Waals surface area contributed by atoms with Gasteiger partial charge < -0.3 is 4.90 Å². The van der Waals surface area contributed by atoms with Gasteiger partial charge in [-0.05, 0) is 62.3 Å². The number of nitrogens with zero attached hydrogens (tertiary/aromatic N) is 2. The second-order valence-electron chi connectivity index (χ2n) is 7.89. The van der Waals surface area contributed by atoms with Crippen molar-refractivity contribution >= 4 is 28.9 Å². The average molecular weight is 349 g/mol. The molecule has 0 spiro atoms. The number of non-ortho nitro benzene ring substituents is 1. The average Bonchev–Trinajstić information content (AvgIpc) is 2.47. The Hall–Kier alpha value is -1.62. The van der Waals surface area contributed by atoms with Gasteiger partial charge in [0.2, 0.25) is 5.91 Å². The second kappa shape index (κ2) is 5.45. The van der Waals surface area contributed by atoms with Gasteiger partial charge in [0, 0.05) is 24.6 Å². The standard InChI is InChI=1S/C18H21ClN2O3/c1-11(22)20(17-3-2-15(21(23)24)7-16(17)19)18-8-12-4-13(9-18)6-14(5-12)10-18/h2-3,7,12-14H,4-6,8-10H2,1H3. The van der Waals surface area contributed by atoms with Gasteiger partial charge in [-0.25, -0.2) is 0 Å². The highest BCUT2D eigenvalue weighted by molar-refractivity contribution is 6.34. The van der Waals surface area contributed by atoms with Crippen molar-refractivity contribution in [2.24, 2.45) is 17.8 Å². The molecule has 0 aromatic heterocycles. The molecule has 0 aliphatic heterocycles. The highest BCUT2D eigenvalue weighted by Gasteiger charge is 2.54. The van der Waals surface area contributed by atoms with Gasteiger partial charge in [0.15, 0.2) is 0 Å². The van der Waals surface area contributed by atoms with Crippen LogP contribution in [0.15, 0.2) is 18.2 Å². The number of halogens is 1. The molecule has 0 atom stereocenters. The predicted molar refractivity (Wildman–Crippen MR) is 92.2 cm³/mol. The van der Waals surface area contributed by atoms with Crippen molar-refractivity contribution in [3.8, 4) is 0 Å². The largest absolute Gasteiger partial charge is 0.305 e. The Balaban J connectivity index is 1.76. The summed E-state index contributed by atoms with van der Waals surface area (Å²) in [5.41, 5.74) is 0.426. The van der Waals surface area contributed by atoms with Crippen molar-refractivity contribution < 1.29 is 9.72 Å². The van der Waals surface area contributed by atoms with E-state index in [4.69, 9.17) is 11.6 Å². The van der Waals surface area contributed by atoms with Crippen LogP contribution in [0.3, 0.4) is 0 Å². The Labute approximate surface area is 146 Å². The third-order valence-electron chi connectivity index (χ3n) is 6.18. The summed E-state index contributed by atoms with van der Waals surface area (Å²) in [6.45, 7) is 1.58. The van der Waals surface area contributed by atoms with Crippen LogP contribution in [0.25, 0.3) is 0 Å². The molecule has 24 heavy (non-hydrogen) atoms. The third-order valence-corrected chi connectivity index (χ3v) is 6.48. The van der Waals surface area contributed by atoms with E-state index in [9.17, 15) is 14.9 Å². The van der Waals surface area contributed by atoms with E-state index < -0.39 is 4.92 Å². The van der Waals surface area contributed by atoms with Crippen molar-refractivity contribution in [3.05, 3.63) is 33.3 Å². The number of nitro groups is 1. The topological polar surface area (TPSA) is 63.5 Å². The van der Waals surface area contributed by atoms with E-state index in [1.165, 1.54) is 31.4 Å². The van der Waals surface area contributed by atoms with E-state index in [0.29, 0.717) is 23.4 Å². The summed E-state index contributed by atoms with van der Waals surface area (Å²) in [4.78, 5) is 24.9. The van der Waals surface area contributed by atoms with E-state index in [1.54, 1.807) is 13.0 Å². The van der Waals surface area contributed by atoms with E-state index in [0.717, 1.165) is 19.3 Å². The maximum Gasteiger partial charge on any atom is 0.271 e. The minimum absolute atomic E-state index is 0.0206. The molecule has 1 aromatic rings. The van der Waals surface area contributed by atoms with E-state index >= 15 is 0 Å². The summed E-state index contributed by atoms with van der Waals surface area (Å²) in [5, 5.41) is 11.2. The first-order valence-corrected chi connectivity index (χ1v) is 9.00. The number of hydrogen-bond acceptors (Lipinski definition) is 3. The maximum atomic E-state index is 12.6. The lowest BCUT2D eigenvalue weighted by Crippen LogP contribution is -2.61. The van der Waals surface area contributed by atoms with Gasteiger partial charge in [0.1, 0.15) is 0 Å². The number of rotatable bonds is 3. The molecule has 4 saturated carbocycles. The van der Waals surface area contributed by atoms with Crippen LogP contribution in [-0.4, -0.2) is 16.4 Å². The number of nitro benzene ring substituents is 1. The SMILES string of the molecule is CC(=O)N(c1ccc([N+](=O)[O-])cc1Cl)C12CC3CC(CC(C3)C1)C2. The van der Waals surface area contributed by atoms with Gasteiger partial charge in [0.25, 0.3) is 5.69 Å². The zero-order valence-corrected chi connectivity index (χ0v) is 14.5. The zero-order chi connectivity index (χ0) is 17.1. The van der Waals surface area contributed by atoms with Crippen molar-refractivity contribution in [1.29, 1.82) is 0 Å². The smallest absolute Gasteiger partial charge is 0.271 e. The monoisotopic (exact) mass is 348 g/mol. The quantitative estimate of drug-likeness (QED) is 0.593. The molecular weight excluding hydrogens is 328 g/mol. The molecule has 4 aliphatic carbocycles. The first-order valence-electron chi connectivity index (χ1n) is 8.63. The third kappa shape index (κ3) is 2.41. The molecule has 1 aromatic carbocycles. The number of benzene rings is 1. The minimum Gasteiger partial charge on any atom is -0.305 e. The summed E-state index contributed by atoms with van der Waals surface area (Å²) < 4.78 is 0. The highest BCUT2D eigenvalue weighted by atomic mass is 35.5. The fraction of sp³-hybridized carbons (Fsp3) is 0.611. The molecule has 6 heteroatoms. The Morgan fingerprint density at radius 2 is 1.75 bits per heavy atom. The van der Waals surface area contributed by atoms with Crippen LogP contribution in [0.4, 0.5) is 11.4 Å². The second-order valence-corrected chi connectivity index (χ2v) is 8.30. The molecule has 0 heterocycles. The van der Waals surface area contributed by atoms with Crippen LogP contribution in [-0.2, 0) is 4.79 Å². The van der Waals surface area contributed by atoms with Crippen LogP contribution in [0, 0.1) is 27.9 Å². The van der Waals surface area contributed by atoms with Crippen LogP contribution >= 0.6 is 11.6 Å². The molecule has 5 nitrogen and oxygen atoms in total. The molecular formula is C18H21ClN2O3. The van der Waals surface area contributed by atoms with Gasteiger partial charge in [0.05, 0.1) is 15.6 Å². The number of amides is 1. The molecule has 1 amide bonds. The molecule has 4 bridgehead atoms. The van der Waals surface area contributed by atoms with Gasteiger partial charge in [-0.2, -0.15) is 0 Å². The lowest BCUT2D eigenvalue weighted by Gasteiger charge is -2.60. The van der Waals surface area contributed by atoms with Crippen molar-refractivity contribution in [3.63, 3.8) is 0 Å². The van der Waals surface area contributed by atoms with Gasteiger partial charge in [-0.1, -0.05) is 11.6 Å². The predicted octanol–water partition coefficient (Wildman–Crippen LogP) is 4.57. The van der Waals surface area contributed by atoms with Crippen LogP contribution in [0.5, 0.6) is 0 Å². The summed E-state index contributed by atoms with van der Waals surface area (Å²) in [6, 6.07) is 4.44. The number of carbonyl (C=O) groups is 1. The van der Waals surface area contributed by atoms with Crippen LogP contribution < -0.4 is 4.90 Å². The summed E-state index contributed by atoms with van der Waals surface area (Å²) >= 11 is 6.35. The van der Waals surface area contributed by atoms with Crippen LogP contribution in [0.1, 0.15) is 45.4 Å². The molecule has 0 N–H and O–H groups in total. The fourth-order valence-corrected chi connectivity index (χ4v) is 6.15. The molecule has 5 rings (SSSR count). The molecule has 0 saturated heterocycles. The molecule has 128 valence electrons. The van der Waals surface area contributed by atoms with Gasteiger partial charge in [-0.3, -0.25) is 14.9 Å². The van der Waals surface area contributed by atoms with Crippen LogP contribution in [0.2, 0.25) is 5.02 Å². The number of hydrogen-bond donors (Lipinski definition) is 0. The van der Waals surface area contributed by atoms with E-state index in [1.807, 2.05) is 4.90 Å². The zero-order valence-electron chi connectivity index (χ0n) is 13.7. The summed E-state index contributed by atoms with van der Waals surface area (Å²) in [7, 11) is 0. The first kappa shape index (κ1) is 15.9. The van der Waals surface area contributed by atoms with Crippen molar-refractivity contribution in [2.45, 2.75) is 51.0 Å². The lowest BCUT2D eigenvalue weighted by atomic mass is 9.52. The van der Waals surface area contributed by atoms with Gasteiger partial charge in [-0.15, -0.1) is 0 Å². The maximum absolute atomic E-state index is 12.6. The first-order chi connectivity index (χ1) is 11.4. The lowest BCUT2D eigenvalue weighted by molar-refractivity contribution is -0.384. The van der Waals surface area contributed by atoms with Gasteiger partial charge >= 0.3 is 0 Å². The Kier molecular flexibility index (Phi) is 3.60.